The highest BCUT2D eigenvalue weighted by Crippen LogP contribution is 2.39. The Morgan fingerprint density at radius 2 is 1.70 bits per heavy atom. The van der Waals surface area contributed by atoms with Gasteiger partial charge in [0.15, 0.2) is 17.8 Å². The predicted octanol–water partition coefficient (Wildman–Crippen LogP) is 3.20. The van der Waals surface area contributed by atoms with Crippen LogP contribution in [-0.4, -0.2) is 13.4 Å². The molecule has 1 saturated heterocycles. The van der Waals surface area contributed by atoms with Crippen molar-refractivity contribution >= 4 is 0 Å². The van der Waals surface area contributed by atoms with Crippen LogP contribution >= 0.6 is 0 Å². The predicted molar refractivity (Wildman–Crippen MR) is 71.5 cm³/mol. The maximum atomic E-state index is 5.97. The first-order chi connectivity index (χ1) is 9.90. The molecule has 0 unspecified atom stereocenters. The topological polar surface area (TPSA) is 36.9 Å². The average Bonchev–Trinajstić information content (AvgIpc) is 3.16. The van der Waals surface area contributed by atoms with Crippen molar-refractivity contribution in [3.63, 3.8) is 0 Å². The minimum absolute atomic E-state index is 0.0216. The van der Waals surface area contributed by atoms with Crippen molar-refractivity contribution in [3.8, 4) is 11.5 Å². The van der Waals surface area contributed by atoms with Crippen LogP contribution in [0, 0.1) is 0 Å². The fourth-order valence-electron chi connectivity index (χ4n) is 2.48. The lowest BCUT2D eigenvalue weighted by Crippen LogP contribution is -2.00. The van der Waals surface area contributed by atoms with Crippen molar-refractivity contribution in [2.24, 2.45) is 0 Å². The molecule has 4 heteroatoms. The van der Waals surface area contributed by atoms with Crippen LogP contribution in [0.2, 0.25) is 0 Å². The number of benzene rings is 2. The second-order valence-electron chi connectivity index (χ2n) is 4.81. The highest BCUT2D eigenvalue weighted by molar-refractivity contribution is 5.44. The Balaban J connectivity index is 1.54. The minimum atomic E-state index is -0.352. The Bertz CT molecular complexity index is 611. The standard InChI is InChI=1S/C16H14O4/c1-2-4-11(5-3-1)15-9-17-16(20-15)12-6-7-13-14(8-12)19-10-18-13/h1-8,15-16H,9-10H2/t15-,16-/m0/s1. The second kappa shape index (κ2) is 4.81. The molecule has 4 rings (SSSR count). The van der Waals surface area contributed by atoms with Gasteiger partial charge in [-0.15, -0.1) is 0 Å². The molecule has 2 aromatic rings. The Hall–Kier alpha value is -2.04. The van der Waals surface area contributed by atoms with E-state index in [1.807, 2.05) is 36.4 Å². The maximum Gasteiger partial charge on any atom is 0.231 e. The Kier molecular flexibility index (Phi) is 2.83. The number of rotatable bonds is 2. The Morgan fingerprint density at radius 3 is 2.60 bits per heavy atom. The van der Waals surface area contributed by atoms with E-state index in [-0.39, 0.29) is 19.2 Å². The average molecular weight is 270 g/mol. The van der Waals surface area contributed by atoms with Crippen molar-refractivity contribution in [2.45, 2.75) is 12.4 Å². The molecule has 2 aromatic carbocycles. The lowest BCUT2D eigenvalue weighted by molar-refractivity contribution is -0.0608. The van der Waals surface area contributed by atoms with E-state index in [1.54, 1.807) is 0 Å². The largest absolute Gasteiger partial charge is 0.454 e. The molecule has 0 N–H and O–H groups in total. The Morgan fingerprint density at radius 1 is 0.850 bits per heavy atom. The van der Waals surface area contributed by atoms with Crippen LogP contribution < -0.4 is 9.47 Å². The number of hydrogen-bond acceptors (Lipinski definition) is 4. The lowest BCUT2D eigenvalue weighted by Gasteiger charge is -2.12. The molecule has 0 amide bonds. The molecule has 0 bridgehead atoms. The van der Waals surface area contributed by atoms with E-state index in [0.29, 0.717) is 6.61 Å². The third kappa shape index (κ3) is 2.03. The first kappa shape index (κ1) is 11.8. The van der Waals surface area contributed by atoms with E-state index in [4.69, 9.17) is 18.9 Å². The van der Waals surface area contributed by atoms with E-state index < -0.39 is 0 Å². The molecule has 0 aliphatic carbocycles. The van der Waals surface area contributed by atoms with Crippen LogP contribution in [0.4, 0.5) is 0 Å². The highest BCUT2D eigenvalue weighted by Gasteiger charge is 2.29. The summed E-state index contributed by atoms with van der Waals surface area (Å²) in [6, 6.07) is 15.9. The van der Waals surface area contributed by atoms with Gasteiger partial charge in [-0.1, -0.05) is 30.3 Å². The quantitative estimate of drug-likeness (QED) is 0.839. The molecule has 4 nitrogen and oxygen atoms in total. The monoisotopic (exact) mass is 270 g/mol. The van der Waals surface area contributed by atoms with Crippen molar-refractivity contribution in [2.75, 3.05) is 13.4 Å². The molecule has 0 aromatic heterocycles. The molecule has 2 aliphatic heterocycles. The molecular formula is C16H14O4. The van der Waals surface area contributed by atoms with Crippen molar-refractivity contribution < 1.29 is 18.9 Å². The van der Waals surface area contributed by atoms with Gasteiger partial charge in [-0.2, -0.15) is 0 Å². The van der Waals surface area contributed by atoms with Gasteiger partial charge in [0.1, 0.15) is 6.10 Å². The van der Waals surface area contributed by atoms with Crippen molar-refractivity contribution in [3.05, 3.63) is 59.7 Å². The summed E-state index contributed by atoms with van der Waals surface area (Å²) in [4.78, 5) is 0. The third-order valence-electron chi connectivity index (χ3n) is 3.53. The van der Waals surface area contributed by atoms with Crippen molar-refractivity contribution in [1.29, 1.82) is 0 Å². The van der Waals surface area contributed by atoms with Crippen LogP contribution in [0.25, 0.3) is 0 Å². The number of ether oxygens (including phenoxy) is 4. The number of fused-ring (bicyclic) bond motifs is 1. The maximum absolute atomic E-state index is 5.97. The summed E-state index contributed by atoms with van der Waals surface area (Å²) in [6.07, 6.45) is -0.374. The number of hydrogen-bond donors (Lipinski definition) is 0. The lowest BCUT2D eigenvalue weighted by atomic mass is 10.1. The van der Waals surface area contributed by atoms with Crippen LogP contribution in [-0.2, 0) is 9.47 Å². The zero-order chi connectivity index (χ0) is 13.4. The second-order valence-corrected chi connectivity index (χ2v) is 4.81. The fraction of sp³-hybridized carbons (Fsp3) is 0.250. The molecule has 2 atom stereocenters. The van der Waals surface area contributed by atoms with E-state index in [1.165, 1.54) is 0 Å². The molecule has 1 fully saturated rings. The summed E-state index contributed by atoms with van der Waals surface area (Å²) in [6.45, 7) is 0.834. The van der Waals surface area contributed by atoms with Crippen LogP contribution in [0.15, 0.2) is 48.5 Å². The third-order valence-corrected chi connectivity index (χ3v) is 3.53. The minimum Gasteiger partial charge on any atom is -0.454 e. The molecule has 0 spiro atoms. The highest BCUT2D eigenvalue weighted by atomic mass is 16.7. The molecule has 0 saturated carbocycles. The van der Waals surface area contributed by atoms with Gasteiger partial charge < -0.3 is 18.9 Å². The van der Waals surface area contributed by atoms with Gasteiger partial charge >= 0.3 is 0 Å². The van der Waals surface area contributed by atoms with Gasteiger partial charge in [0, 0.05) is 5.56 Å². The summed E-state index contributed by atoms with van der Waals surface area (Å²) in [5.41, 5.74) is 2.09. The van der Waals surface area contributed by atoms with Gasteiger partial charge in [-0.3, -0.25) is 0 Å². The molecule has 2 heterocycles. The van der Waals surface area contributed by atoms with Crippen LogP contribution in [0.1, 0.15) is 23.5 Å². The fourth-order valence-corrected chi connectivity index (χ4v) is 2.48. The first-order valence-corrected chi connectivity index (χ1v) is 6.62. The summed E-state index contributed by atoms with van der Waals surface area (Å²) >= 11 is 0. The van der Waals surface area contributed by atoms with Gasteiger partial charge in [0.25, 0.3) is 0 Å². The van der Waals surface area contributed by atoms with Gasteiger partial charge in [0.05, 0.1) is 6.61 Å². The SMILES string of the molecule is c1ccc([C@@H]2CO[C@H](c3ccc4c(c3)OCO4)O2)cc1. The van der Waals surface area contributed by atoms with Crippen LogP contribution in [0.5, 0.6) is 11.5 Å². The normalized spacial score (nSPS) is 24.0. The molecule has 2 aliphatic rings. The van der Waals surface area contributed by atoms with E-state index >= 15 is 0 Å². The zero-order valence-corrected chi connectivity index (χ0v) is 10.8. The molecule has 20 heavy (non-hydrogen) atoms. The van der Waals surface area contributed by atoms with Crippen LogP contribution in [0.3, 0.4) is 0 Å². The summed E-state index contributed by atoms with van der Waals surface area (Å²) in [5.74, 6) is 1.52. The Labute approximate surface area is 116 Å². The van der Waals surface area contributed by atoms with Crippen molar-refractivity contribution in [1.82, 2.24) is 0 Å². The molecule has 102 valence electrons. The molecular weight excluding hydrogens is 256 g/mol. The van der Waals surface area contributed by atoms with Gasteiger partial charge in [0.2, 0.25) is 6.79 Å². The van der Waals surface area contributed by atoms with E-state index in [0.717, 1.165) is 22.6 Å². The van der Waals surface area contributed by atoms with Gasteiger partial charge in [-0.05, 0) is 23.8 Å². The summed E-state index contributed by atoms with van der Waals surface area (Å²) in [5, 5.41) is 0. The molecule has 0 radical (unpaired) electrons. The van der Waals surface area contributed by atoms with E-state index in [2.05, 4.69) is 12.1 Å². The van der Waals surface area contributed by atoms with Gasteiger partial charge in [-0.25, -0.2) is 0 Å². The van der Waals surface area contributed by atoms with E-state index in [9.17, 15) is 0 Å². The smallest absolute Gasteiger partial charge is 0.231 e. The zero-order valence-electron chi connectivity index (χ0n) is 10.8. The summed E-state index contributed by atoms with van der Waals surface area (Å²) in [7, 11) is 0. The first-order valence-electron chi connectivity index (χ1n) is 6.62. The summed E-state index contributed by atoms with van der Waals surface area (Å²) < 4.78 is 22.4.